The van der Waals surface area contributed by atoms with Gasteiger partial charge in [0.15, 0.2) is 0 Å². The normalized spacial score (nSPS) is 12.4. The molecule has 0 aliphatic heterocycles. The lowest BCUT2D eigenvalue weighted by Crippen LogP contribution is -2.36. The van der Waals surface area contributed by atoms with E-state index in [-0.39, 0.29) is 0 Å². The average Bonchev–Trinajstić information content (AvgIpc) is 3.16. The summed E-state index contributed by atoms with van der Waals surface area (Å²) in [5.74, 6) is 1.62. The molecule has 5 aromatic rings. The SMILES string of the molecule is Cc1c(-c2c(CC(C)C)cccc2CC(C)C)c2c3ccccc3c3cccc(C(C)C)c3[n+]2n1C(C)C. The monoisotopic (exact) mass is 505 g/mol. The van der Waals surface area contributed by atoms with Crippen LogP contribution in [0, 0.1) is 18.8 Å². The molecule has 0 unspecified atom stereocenters. The van der Waals surface area contributed by atoms with Crippen LogP contribution in [0.4, 0.5) is 0 Å². The van der Waals surface area contributed by atoms with Gasteiger partial charge in [0.1, 0.15) is 0 Å². The number of fused-ring (bicyclic) bond motifs is 6. The minimum atomic E-state index is 0.326. The number of hydrogen-bond acceptors (Lipinski definition) is 0. The van der Waals surface area contributed by atoms with E-state index < -0.39 is 0 Å². The molecule has 2 heterocycles. The minimum absolute atomic E-state index is 0.326. The van der Waals surface area contributed by atoms with Gasteiger partial charge in [0.2, 0.25) is 5.52 Å². The van der Waals surface area contributed by atoms with Crippen LogP contribution in [0.1, 0.15) is 89.7 Å². The molecule has 198 valence electrons. The van der Waals surface area contributed by atoms with Crippen molar-refractivity contribution in [3.8, 4) is 11.1 Å². The molecule has 2 heteroatoms. The summed E-state index contributed by atoms with van der Waals surface area (Å²) in [7, 11) is 0. The Kier molecular flexibility index (Phi) is 7.11. The molecular weight excluding hydrogens is 460 g/mol. The molecule has 0 spiro atoms. The van der Waals surface area contributed by atoms with Crippen molar-refractivity contribution in [1.82, 2.24) is 4.68 Å². The fraction of sp³-hybridized carbons (Fsp3) is 0.417. The molecule has 3 aromatic carbocycles. The molecule has 0 saturated heterocycles. The molecule has 0 N–H and O–H groups in total. The van der Waals surface area contributed by atoms with E-state index in [9.17, 15) is 0 Å². The van der Waals surface area contributed by atoms with Crippen molar-refractivity contribution < 1.29 is 4.52 Å². The molecule has 0 saturated carbocycles. The third-order valence-electron chi connectivity index (χ3n) is 7.98. The van der Waals surface area contributed by atoms with Gasteiger partial charge in [-0.3, -0.25) is 0 Å². The Labute approximate surface area is 229 Å². The van der Waals surface area contributed by atoms with Crippen LogP contribution < -0.4 is 4.52 Å². The third kappa shape index (κ3) is 4.32. The molecule has 38 heavy (non-hydrogen) atoms. The molecule has 0 bridgehead atoms. The summed E-state index contributed by atoms with van der Waals surface area (Å²) in [5, 5.41) is 4.03. The summed E-state index contributed by atoms with van der Waals surface area (Å²) in [6, 6.07) is 23.3. The van der Waals surface area contributed by atoms with E-state index in [0.717, 1.165) is 12.8 Å². The molecule has 0 aliphatic carbocycles. The first-order chi connectivity index (χ1) is 18.1. The van der Waals surface area contributed by atoms with Gasteiger partial charge in [0, 0.05) is 10.9 Å². The predicted octanol–water partition coefficient (Wildman–Crippen LogP) is 9.61. The van der Waals surface area contributed by atoms with Crippen LogP contribution in [0.2, 0.25) is 0 Å². The van der Waals surface area contributed by atoms with E-state index in [1.54, 1.807) is 0 Å². The second-order valence-corrected chi connectivity index (χ2v) is 12.7. The van der Waals surface area contributed by atoms with Crippen molar-refractivity contribution in [2.75, 3.05) is 0 Å². The van der Waals surface area contributed by atoms with Crippen molar-refractivity contribution in [2.45, 2.75) is 87.1 Å². The maximum absolute atomic E-state index is 2.59. The predicted molar refractivity (Wildman–Crippen MR) is 164 cm³/mol. The average molecular weight is 506 g/mol. The summed E-state index contributed by atoms with van der Waals surface area (Å²) in [4.78, 5) is 0. The number of para-hydroxylation sites is 1. The second-order valence-electron chi connectivity index (χ2n) is 12.7. The van der Waals surface area contributed by atoms with Crippen molar-refractivity contribution in [3.63, 3.8) is 0 Å². The fourth-order valence-corrected chi connectivity index (χ4v) is 6.64. The van der Waals surface area contributed by atoms with Crippen LogP contribution >= 0.6 is 0 Å². The van der Waals surface area contributed by atoms with E-state index in [1.165, 1.54) is 60.7 Å². The quantitative estimate of drug-likeness (QED) is 0.154. The zero-order chi connectivity index (χ0) is 27.3. The maximum Gasteiger partial charge on any atom is 0.254 e. The smallest absolute Gasteiger partial charge is 0.149 e. The molecular formula is C36H45N2+. The van der Waals surface area contributed by atoms with Gasteiger partial charge in [-0.05, 0) is 80.2 Å². The Morgan fingerprint density at radius 2 is 1.13 bits per heavy atom. The number of pyridine rings is 1. The molecule has 0 radical (unpaired) electrons. The van der Waals surface area contributed by atoms with Crippen molar-refractivity contribution >= 4 is 27.2 Å². The summed E-state index contributed by atoms with van der Waals surface area (Å²) < 4.78 is 5.16. The molecule has 0 amide bonds. The first kappa shape index (κ1) is 26.5. The van der Waals surface area contributed by atoms with Gasteiger partial charge in [-0.1, -0.05) is 94.6 Å². The van der Waals surface area contributed by atoms with Crippen LogP contribution in [0.5, 0.6) is 0 Å². The molecule has 0 atom stereocenters. The number of rotatable bonds is 7. The number of hydrogen-bond donors (Lipinski definition) is 0. The largest absolute Gasteiger partial charge is 0.254 e. The first-order valence-electron chi connectivity index (χ1n) is 14.6. The number of aromatic nitrogens is 2. The highest BCUT2D eigenvalue weighted by atomic mass is 15.4. The molecule has 0 fully saturated rings. The highest BCUT2D eigenvalue weighted by molar-refractivity contribution is 6.13. The van der Waals surface area contributed by atoms with Crippen LogP contribution in [-0.2, 0) is 12.8 Å². The van der Waals surface area contributed by atoms with E-state index in [0.29, 0.717) is 23.8 Å². The van der Waals surface area contributed by atoms with Gasteiger partial charge in [-0.25, -0.2) is 0 Å². The van der Waals surface area contributed by atoms with Crippen LogP contribution in [0.15, 0.2) is 60.7 Å². The minimum Gasteiger partial charge on any atom is -0.149 e. The van der Waals surface area contributed by atoms with Gasteiger partial charge in [-0.15, -0.1) is 4.68 Å². The van der Waals surface area contributed by atoms with Crippen LogP contribution in [0.3, 0.4) is 0 Å². The molecule has 0 aliphatic rings. The molecule has 2 nitrogen and oxygen atoms in total. The Morgan fingerprint density at radius 1 is 0.605 bits per heavy atom. The van der Waals surface area contributed by atoms with Crippen molar-refractivity contribution in [1.29, 1.82) is 0 Å². The topological polar surface area (TPSA) is 9.03 Å². The highest BCUT2D eigenvalue weighted by Crippen LogP contribution is 2.41. The Balaban J connectivity index is 2.10. The number of nitrogens with zero attached hydrogens (tertiary/aromatic N) is 2. The Morgan fingerprint density at radius 3 is 1.68 bits per heavy atom. The number of benzene rings is 3. The Bertz CT molecular complexity index is 1600. The van der Waals surface area contributed by atoms with Crippen molar-refractivity contribution in [3.05, 3.63) is 83.0 Å². The zero-order valence-electron chi connectivity index (χ0n) is 24.9. The van der Waals surface area contributed by atoms with Gasteiger partial charge < -0.3 is 0 Å². The van der Waals surface area contributed by atoms with Gasteiger partial charge in [0.05, 0.1) is 28.1 Å². The lowest BCUT2D eigenvalue weighted by molar-refractivity contribution is -0.586. The van der Waals surface area contributed by atoms with Crippen molar-refractivity contribution in [2.24, 2.45) is 11.8 Å². The standard InChI is InChI=1S/C36H45N2/c1-22(2)20-27-14-12-15-28(21-23(3)4)34(27)33-26(9)37(25(7)8)38-35-29(24(5)6)18-13-19-31(35)30-16-10-11-17-32(30)36(33)38/h10-19,22-25H,20-21H2,1-9H3/q+1. The fourth-order valence-electron chi connectivity index (χ4n) is 6.64. The van der Waals surface area contributed by atoms with Gasteiger partial charge in [0.25, 0.3) is 5.52 Å². The van der Waals surface area contributed by atoms with E-state index in [1.807, 2.05) is 0 Å². The van der Waals surface area contributed by atoms with E-state index in [4.69, 9.17) is 0 Å². The highest BCUT2D eigenvalue weighted by Gasteiger charge is 2.33. The van der Waals surface area contributed by atoms with Crippen LogP contribution in [0.25, 0.3) is 38.3 Å². The van der Waals surface area contributed by atoms with Gasteiger partial charge >= 0.3 is 0 Å². The summed E-state index contributed by atoms with van der Waals surface area (Å²) in [6.45, 7) is 21.0. The Hall–Kier alpha value is -3.13. The lowest BCUT2D eigenvalue weighted by Gasteiger charge is -2.17. The van der Waals surface area contributed by atoms with E-state index >= 15 is 0 Å². The lowest BCUT2D eigenvalue weighted by atomic mass is 9.85. The van der Waals surface area contributed by atoms with Gasteiger partial charge in [-0.2, -0.15) is 0 Å². The van der Waals surface area contributed by atoms with Crippen LogP contribution in [-0.4, -0.2) is 4.68 Å². The summed E-state index contributed by atoms with van der Waals surface area (Å²) >= 11 is 0. The summed E-state index contributed by atoms with van der Waals surface area (Å²) in [6.07, 6.45) is 2.17. The maximum atomic E-state index is 2.59. The first-order valence-corrected chi connectivity index (χ1v) is 14.6. The third-order valence-corrected chi connectivity index (χ3v) is 7.98. The second kappa shape index (κ2) is 10.2. The zero-order valence-corrected chi connectivity index (χ0v) is 24.9. The molecule has 5 rings (SSSR count). The summed E-state index contributed by atoms with van der Waals surface area (Å²) in [5.41, 5.74) is 11.3. The molecule has 2 aromatic heterocycles. The van der Waals surface area contributed by atoms with E-state index in [2.05, 4.69) is 132 Å².